The fourth-order valence-corrected chi connectivity index (χ4v) is 12.2. The van der Waals surface area contributed by atoms with Crippen molar-refractivity contribution in [3.63, 3.8) is 0 Å². The van der Waals surface area contributed by atoms with Crippen molar-refractivity contribution in [2.75, 3.05) is 19.8 Å². The maximum absolute atomic E-state index is 13.4. The van der Waals surface area contributed by atoms with Gasteiger partial charge in [0.1, 0.15) is 0 Å². The van der Waals surface area contributed by atoms with Gasteiger partial charge in [0, 0.05) is 25.2 Å². The van der Waals surface area contributed by atoms with E-state index in [1.54, 1.807) is 0 Å². The average molecular weight is 587 g/mol. The molecule has 1 heterocycles. The van der Waals surface area contributed by atoms with E-state index in [9.17, 15) is 15.0 Å². The molecule has 6 rings (SSSR count). The number of nitrogens with zero attached hydrogens (tertiary/aromatic N) is 1. The Morgan fingerprint density at radius 2 is 1.74 bits per heavy atom. The number of rotatable bonds is 8. The van der Waals surface area contributed by atoms with Gasteiger partial charge in [0.05, 0.1) is 18.8 Å². The van der Waals surface area contributed by atoms with Crippen molar-refractivity contribution in [1.82, 2.24) is 10.2 Å². The first kappa shape index (κ1) is 31.1. The SMILES string of the molecule is C[C@H](CO)CC[C@H]1OC2C[C@H]3[C@@H]4CC[C@@H]5C[C@H](NC(=O)N(CCO)C6CCCCC6)CC[C@]5(C)C4CC[C@]3(C)[C@H]2[C@@H]1C. The van der Waals surface area contributed by atoms with Gasteiger partial charge in [0.15, 0.2) is 0 Å². The normalized spacial score (nSPS) is 45.8. The van der Waals surface area contributed by atoms with E-state index in [0.717, 1.165) is 56.3 Å². The number of aliphatic hydroxyl groups is 2. The van der Waals surface area contributed by atoms with Crippen LogP contribution in [0.4, 0.5) is 4.79 Å². The zero-order valence-electron chi connectivity index (χ0n) is 27.2. The number of fused-ring (bicyclic) bond motifs is 7. The first-order chi connectivity index (χ1) is 20.2. The predicted octanol–water partition coefficient (Wildman–Crippen LogP) is 6.77. The fourth-order valence-electron chi connectivity index (χ4n) is 12.2. The molecule has 12 atom stereocenters. The molecular formula is C36H62N2O4. The number of nitrogens with one attached hydrogen (secondary N) is 1. The van der Waals surface area contributed by atoms with E-state index < -0.39 is 0 Å². The lowest BCUT2D eigenvalue weighted by atomic mass is 9.44. The van der Waals surface area contributed by atoms with Crippen LogP contribution in [0.25, 0.3) is 0 Å². The molecule has 1 saturated heterocycles. The van der Waals surface area contributed by atoms with E-state index in [1.807, 2.05) is 4.90 Å². The van der Waals surface area contributed by atoms with Crippen LogP contribution in [0.1, 0.15) is 124 Å². The number of hydrogen-bond acceptors (Lipinski definition) is 4. The first-order valence-corrected chi connectivity index (χ1v) is 18.1. The van der Waals surface area contributed by atoms with Gasteiger partial charge in [-0.1, -0.05) is 47.0 Å². The quantitative estimate of drug-likeness (QED) is 0.293. The molecule has 42 heavy (non-hydrogen) atoms. The van der Waals surface area contributed by atoms with Gasteiger partial charge in [-0.05, 0) is 129 Å². The highest BCUT2D eigenvalue weighted by Crippen LogP contribution is 2.70. The van der Waals surface area contributed by atoms with Gasteiger partial charge in [0.25, 0.3) is 0 Å². The highest BCUT2D eigenvalue weighted by Gasteiger charge is 2.65. The van der Waals surface area contributed by atoms with Gasteiger partial charge in [-0.15, -0.1) is 0 Å². The van der Waals surface area contributed by atoms with Crippen LogP contribution >= 0.6 is 0 Å². The van der Waals surface area contributed by atoms with Gasteiger partial charge >= 0.3 is 6.03 Å². The summed E-state index contributed by atoms with van der Waals surface area (Å²) < 4.78 is 6.85. The largest absolute Gasteiger partial charge is 0.396 e. The molecular weight excluding hydrogens is 524 g/mol. The zero-order valence-corrected chi connectivity index (χ0v) is 27.2. The minimum Gasteiger partial charge on any atom is -0.396 e. The van der Waals surface area contributed by atoms with Crippen LogP contribution in [-0.4, -0.2) is 65.2 Å². The maximum Gasteiger partial charge on any atom is 0.317 e. The Balaban J connectivity index is 1.08. The van der Waals surface area contributed by atoms with Crippen LogP contribution in [0.5, 0.6) is 0 Å². The Morgan fingerprint density at radius 3 is 2.48 bits per heavy atom. The molecule has 5 saturated carbocycles. The topological polar surface area (TPSA) is 82.0 Å². The average Bonchev–Trinajstić information content (AvgIpc) is 3.47. The molecule has 0 radical (unpaired) electrons. The van der Waals surface area contributed by atoms with Crippen LogP contribution in [0.15, 0.2) is 0 Å². The lowest BCUT2D eigenvalue weighted by Crippen LogP contribution is -2.57. The molecule has 0 aromatic carbocycles. The molecule has 0 bridgehead atoms. The second-order valence-corrected chi connectivity index (χ2v) is 16.5. The summed E-state index contributed by atoms with van der Waals surface area (Å²) in [5.74, 6) is 4.83. The molecule has 0 spiro atoms. The number of ether oxygens (including phenoxy) is 1. The molecule has 2 amide bonds. The van der Waals surface area contributed by atoms with Gasteiger partial charge in [-0.2, -0.15) is 0 Å². The van der Waals surface area contributed by atoms with Crippen LogP contribution in [-0.2, 0) is 4.74 Å². The standard InChI is InChI=1S/C36H62N2O4/c1-23(22-40)10-13-31-24(2)33-32(42-31)21-30-28-12-11-25-20-26(14-16-35(25,3)29(28)15-17-36(30,33)4)37-34(41)38(18-19-39)27-8-6-5-7-9-27/h23-33,39-40H,5-22H2,1-4H3,(H,37,41)/t23-,24+,25+,26+,28+,29?,30-,31+,32?,33-,35-,36-/m0/s1. The summed E-state index contributed by atoms with van der Waals surface area (Å²) in [6.07, 6.45) is 18.9. The van der Waals surface area contributed by atoms with E-state index in [0.29, 0.717) is 59.3 Å². The molecule has 6 heteroatoms. The fraction of sp³-hybridized carbons (Fsp3) is 0.972. The summed E-state index contributed by atoms with van der Waals surface area (Å²) in [6, 6.07) is 0.641. The van der Waals surface area contributed by atoms with Crippen LogP contribution in [0.2, 0.25) is 0 Å². The summed E-state index contributed by atoms with van der Waals surface area (Å²) in [5, 5.41) is 22.7. The Labute approximate surface area is 256 Å². The molecule has 6 fully saturated rings. The Bertz CT molecular complexity index is 939. The second kappa shape index (κ2) is 12.5. The minimum atomic E-state index is 0.0492. The molecule has 6 aliphatic rings. The van der Waals surface area contributed by atoms with E-state index in [1.165, 1.54) is 57.8 Å². The first-order valence-electron chi connectivity index (χ1n) is 18.1. The Morgan fingerprint density at radius 1 is 0.976 bits per heavy atom. The number of hydrogen-bond donors (Lipinski definition) is 3. The summed E-state index contributed by atoms with van der Waals surface area (Å²) in [4.78, 5) is 15.4. The van der Waals surface area contributed by atoms with Gasteiger partial charge in [-0.3, -0.25) is 0 Å². The lowest BCUT2D eigenvalue weighted by Gasteiger charge is -2.61. The van der Waals surface area contributed by atoms with Crippen molar-refractivity contribution >= 4 is 6.03 Å². The summed E-state index contributed by atoms with van der Waals surface area (Å²) in [6.45, 7) is 10.7. The molecule has 6 nitrogen and oxygen atoms in total. The van der Waals surface area contributed by atoms with E-state index >= 15 is 0 Å². The van der Waals surface area contributed by atoms with E-state index in [-0.39, 0.29) is 25.3 Å². The van der Waals surface area contributed by atoms with Gasteiger partial charge < -0.3 is 25.2 Å². The van der Waals surface area contributed by atoms with Crippen LogP contribution in [0.3, 0.4) is 0 Å². The van der Waals surface area contributed by atoms with E-state index in [4.69, 9.17) is 4.74 Å². The molecule has 2 unspecified atom stereocenters. The third-order valence-electron chi connectivity index (χ3n) is 14.5. The van der Waals surface area contributed by atoms with Gasteiger partial charge in [-0.25, -0.2) is 4.79 Å². The van der Waals surface area contributed by atoms with Gasteiger partial charge in [0.2, 0.25) is 0 Å². The molecule has 0 aromatic heterocycles. The monoisotopic (exact) mass is 586 g/mol. The number of carbonyl (C=O) groups is 1. The summed E-state index contributed by atoms with van der Waals surface area (Å²) >= 11 is 0. The number of urea groups is 1. The minimum absolute atomic E-state index is 0.0492. The third-order valence-corrected chi connectivity index (χ3v) is 14.5. The molecule has 1 aliphatic heterocycles. The smallest absolute Gasteiger partial charge is 0.317 e. The zero-order chi connectivity index (χ0) is 29.6. The summed E-state index contributed by atoms with van der Waals surface area (Å²) in [5.41, 5.74) is 0.805. The third kappa shape index (κ3) is 5.46. The van der Waals surface area contributed by atoms with Crippen molar-refractivity contribution < 1.29 is 19.7 Å². The number of aliphatic hydroxyl groups excluding tert-OH is 2. The lowest BCUT2D eigenvalue weighted by molar-refractivity contribution is -0.118. The van der Waals surface area contributed by atoms with Crippen LogP contribution < -0.4 is 5.32 Å². The van der Waals surface area contributed by atoms with Crippen molar-refractivity contribution in [3.05, 3.63) is 0 Å². The highest BCUT2D eigenvalue weighted by atomic mass is 16.5. The predicted molar refractivity (Wildman–Crippen MR) is 167 cm³/mol. The maximum atomic E-state index is 13.4. The molecule has 240 valence electrons. The van der Waals surface area contributed by atoms with Crippen molar-refractivity contribution in [1.29, 1.82) is 0 Å². The van der Waals surface area contributed by atoms with E-state index in [2.05, 4.69) is 33.0 Å². The number of carbonyl (C=O) groups excluding carboxylic acids is 1. The molecule has 5 aliphatic carbocycles. The van der Waals surface area contributed by atoms with Crippen molar-refractivity contribution in [3.8, 4) is 0 Å². The van der Waals surface area contributed by atoms with Crippen molar-refractivity contribution in [2.45, 2.75) is 148 Å². The Hall–Kier alpha value is -0.850. The number of amides is 2. The molecule has 3 N–H and O–H groups in total. The highest BCUT2D eigenvalue weighted by molar-refractivity contribution is 5.75. The van der Waals surface area contributed by atoms with Crippen molar-refractivity contribution in [2.24, 2.45) is 52.3 Å². The molecule has 0 aromatic rings. The Kier molecular flexibility index (Phi) is 9.27. The van der Waals surface area contributed by atoms with Crippen LogP contribution in [0, 0.1) is 52.3 Å². The second-order valence-electron chi connectivity index (χ2n) is 16.5. The summed E-state index contributed by atoms with van der Waals surface area (Å²) in [7, 11) is 0.